The highest BCUT2D eigenvalue weighted by molar-refractivity contribution is 7.13. The van der Waals surface area contributed by atoms with E-state index in [4.69, 9.17) is 4.74 Å². The van der Waals surface area contributed by atoms with E-state index in [9.17, 15) is 0 Å². The molecule has 72 valence electrons. The third kappa shape index (κ3) is 2.00. The van der Waals surface area contributed by atoms with Gasteiger partial charge < -0.3 is 10.1 Å². The van der Waals surface area contributed by atoms with E-state index < -0.39 is 0 Å². The van der Waals surface area contributed by atoms with E-state index >= 15 is 0 Å². The fraction of sp³-hybridized carbons (Fsp3) is 0.667. The van der Waals surface area contributed by atoms with Crippen molar-refractivity contribution in [3.05, 3.63) is 11.1 Å². The van der Waals surface area contributed by atoms with Crippen LogP contribution in [0.5, 0.6) is 0 Å². The molecule has 0 aliphatic carbocycles. The number of ether oxygens (including phenoxy) is 1. The molecule has 1 N–H and O–H groups in total. The smallest absolute Gasteiger partial charge is 0.182 e. The number of thiazole rings is 1. The van der Waals surface area contributed by atoms with Gasteiger partial charge in [0.1, 0.15) is 0 Å². The first kappa shape index (κ1) is 8.97. The van der Waals surface area contributed by atoms with E-state index in [2.05, 4.69) is 22.6 Å². The minimum atomic E-state index is 0.531. The van der Waals surface area contributed by atoms with Gasteiger partial charge in [-0.1, -0.05) is 0 Å². The van der Waals surface area contributed by atoms with Crippen LogP contribution < -0.4 is 5.32 Å². The maximum Gasteiger partial charge on any atom is 0.182 e. The molecule has 1 aliphatic heterocycles. The van der Waals surface area contributed by atoms with Crippen molar-refractivity contribution < 1.29 is 4.74 Å². The summed E-state index contributed by atoms with van der Waals surface area (Å²) in [6.07, 6.45) is 1.12. The lowest BCUT2D eigenvalue weighted by molar-refractivity contribution is 0.193. The molecule has 1 aromatic rings. The summed E-state index contributed by atoms with van der Waals surface area (Å²) < 4.78 is 5.32. The fourth-order valence-corrected chi connectivity index (χ4v) is 2.34. The summed E-state index contributed by atoms with van der Waals surface area (Å²) in [4.78, 5) is 4.51. The average Bonchev–Trinajstić information content (AvgIpc) is 2.70. The molecular weight excluding hydrogens is 184 g/mol. The van der Waals surface area contributed by atoms with Gasteiger partial charge in [0.15, 0.2) is 5.13 Å². The first-order valence-corrected chi connectivity index (χ1v) is 5.55. The number of hydrogen-bond acceptors (Lipinski definition) is 4. The van der Waals surface area contributed by atoms with Crippen LogP contribution in [0.3, 0.4) is 0 Å². The summed E-state index contributed by atoms with van der Waals surface area (Å²) in [6.45, 7) is 4.75. The molecule has 0 radical (unpaired) electrons. The second-order valence-electron chi connectivity index (χ2n) is 3.17. The molecule has 0 bridgehead atoms. The molecule has 1 aliphatic rings. The van der Waals surface area contributed by atoms with Crippen LogP contribution in [0.2, 0.25) is 0 Å². The van der Waals surface area contributed by atoms with Gasteiger partial charge in [0.2, 0.25) is 0 Å². The molecule has 1 saturated heterocycles. The Morgan fingerprint density at radius 3 is 3.38 bits per heavy atom. The molecule has 1 fully saturated rings. The highest BCUT2D eigenvalue weighted by Crippen LogP contribution is 2.27. The molecule has 13 heavy (non-hydrogen) atoms. The predicted molar refractivity (Wildman–Crippen MR) is 54.5 cm³/mol. The molecular formula is C9H14N2OS. The van der Waals surface area contributed by atoms with Gasteiger partial charge in [-0.25, -0.2) is 4.98 Å². The Bertz CT molecular complexity index is 268. The average molecular weight is 198 g/mol. The van der Waals surface area contributed by atoms with E-state index in [-0.39, 0.29) is 0 Å². The van der Waals surface area contributed by atoms with Crippen LogP contribution >= 0.6 is 11.3 Å². The molecule has 1 unspecified atom stereocenters. The van der Waals surface area contributed by atoms with Gasteiger partial charge in [0.25, 0.3) is 0 Å². The van der Waals surface area contributed by atoms with Crippen molar-refractivity contribution in [2.24, 2.45) is 0 Å². The standard InChI is InChI=1S/C9H14N2OS/c1-2-10-9-11-8(6-13-9)7-3-4-12-5-7/h6-7H,2-5H2,1H3,(H,10,11). The van der Waals surface area contributed by atoms with Gasteiger partial charge in [-0.2, -0.15) is 0 Å². The Balaban J connectivity index is 2.03. The number of nitrogens with zero attached hydrogens (tertiary/aromatic N) is 1. The van der Waals surface area contributed by atoms with Gasteiger partial charge in [-0.05, 0) is 13.3 Å². The summed E-state index contributed by atoms with van der Waals surface area (Å²) in [5.74, 6) is 0.531. The van der Waals surface area contributed by atoms with E-state index in [0.717, 1.165) is 31.3 Å². The normalized spacial score (nSPS) is 22.1. The lowest BCUT2D eigenvalue weighted by Crippen LogP contribution is -2.00. The zero-order valence-corrected chi connectivity index (χ0v) is 8.56. The molecule has 0 aromatic carbocycles. The zero-order chi connectivity index (χ0) is 9.10. The highest BCUT2D eigenvalue weighted by atomic mass is 32.1. The largest absolute Gasteiger partial charge is 0.381 e. The SMILES string of the molecule is CCNc1nc(C2CCOC2)cs1. The van der Waals surface area contributed by atoms with Crippen LogP contribution in [0.1, 0.15) is 25.0 Å². The topological polar surface area (TPSA) is 34.2 Å². The quantitative estimate of drug-likeness (QED) is 0.807. The van der Waals surface area contributed by atoms with Gasteiger partial charge >= 0.3 is 0 Å². The molecule has 0 spiro atoms. The molecule has 4 heteroatoms. The Hall–Kier alpha value is -0.610. The maximum absolute atomic E-state index is 5.32. The first-order valence-electron chi connectivity index (χ1n) is 4.67. The van der Waals surface area contributed by atoms with Gasteiger partial charge in [0, 0.05) is 24.4 Å². The number of aromatic nitrogens is 1. The lowest BCUT2D eigenvalue weighted by atomic mass is 10.1. The van der Waals surface area contributed by atoms with Crippen molar-refractivity contribution in [1.82, 2.24) is 4.98 Å². The zero-order valence-electron chi connectivity index (χ0n) is 7.75. The van der Waals surface area contributed by atoms with E-state index in [0.29, 0.717) is 5.92 Å². The van der Waals surface area contributed by atoms with E-state index in [1.54, 1.807) is 11.3 Å². The molecule has 1 aromatic heterocycles. The van der Waals surface area contributed by atoms with E-state index in [1.165, 1.54) is 5.69 Å². The molecule has 2 rings (SSSR count). The molecule has 2 heterocycles. The molecule has 1 atom stereocenters. The second kappa shape index (κ2) is 4.07. The summed E-state index contributed by atoms with van der Waals surface area (Å²) >= 11 is 1.68. The summed E-state index contributed by atoms with van der Waals surface area (Å²) in [7, 11) is 0. The van der Waals surface area contributed by atoms with Crippen LogP contribution in [-0.2, 0) is 4.74 Å². The van der Waals surface area contributed by atoms with Crippen LogP contribution in [0.25, 0.3) is 0 Å². The second-order valence-corrected chi connectivity index (χ2v) is 4.03. The van der Waals surface area contributed by atoms with Gasteiger partial charge in [-0.3, -0.25) is 0 Å². The summed E-state index contributed by atoms with van der Waals surface area (Å²) in [6, 6.07) is 0. The molecule has 0 saturated carbocycles. The Kier molecular flexibility index (Phi) is 2.80. The third-order valence-electron chi connectivity index (χ3n) is 2.20. The van der Waals surface area contributed by atoms with Crippen molar-refractivity contribution in [2.45, 2.75) is 19.3 Å². The molecule has 0 amide bonds. The third-order valence-corrected chi connectivity index (χ3v) is 3.02. The van der Waals surface area contributed by atoms with Crippen molar-refractivity contribution in [3.8, 4) is 0 Å². The maximum atomic E-state index is 5.32. The Morgan fingerprint density at radius 1 is 1.77 bits per heavy atom. The number of hydrogen-bond donors (Lipinski definition) is 1. The van der Waals surface area contributed by atoms with Crippen molar-refractivity contribution >= 4 is 16.5 Å². The fourth-order valence-electron chi connectivity index (χ4n) is 1.47. The minimum Gasteiger partial charge on any atom is -0.381 e. The minimum absolute atomic E-state index is 0.531. The van der Waals surface area contributed by atoms with Gasteiger partial charge in [-0.15, -0.1) is 11.3 Å². The van der Waals surface area contributed by atoms with Crippen molar-refractivity contribution in [2.75, 3.05) is 25.1 Å². The number of rotatable bonds is 3. The predicted octanol–water partition coefficient (Wildman–Crippen LogP) is 2.08. The number of nitrogens with one attached hydrogen (secondary N) is 1. The van der Waals surface area contributed by atoms with Crippen LogP contribution in [0, 0.1) is 0 Å². The van der Waals surface area contributed by atoms with Crippen LogP contribution in [-0.4, -0.2) is 24.7 Å². The molecule has 3 nitrogen and oxygen atoms in total. The number of anilines is 1. The monoisotopic (exact) mass is 198 g/mol. The summed E-state index contributed by atoms with van der Waals surface area (Å²) in [5.41, 5.74) is 1.19. The highest BCUT2D eigenvalue weighted by Gasteiger charge is 2.20. The van der Waals surface area contributed by atoms with Crippen LogP contribution in [0.15, 0.2) is 5.38 Å². The van der Waals surface area contributed by atoms with Crippen molar-refractivity contribution in [1.29, 1.82) is 0 Å². The Morgan fingerprint density at radius 2 is 2.69 bits per heavy atom. The summed E-state index contributed by atoms with van der Waals surface area (Å²) in [5, 5.41) is 6.39. The Labute approximate surface area is 82.1 Å². The van der Waals surface area contributed by atoms with Crippen LogP contribution in [0.4, 0.5) is 5.13 Å². The van der Waals surface area contributed by atoms with Gasteiger partial charge in [0.05, 0.1) is 12.3 Å². The van der Waals surface area contributed by atoms with E-state index in [1.807, 2.05) is 0 Å². The van der Waals surface area contributed by atoms with Crippen molar-refractivity contribution in [3.63, 3.8) is 0 Å². The first-order chi connectivity index (χ1) is 6.40. The lowest BCUT2D eigenvalue weighted by Gasteiger charge is -2.01.